The second kappa shape index (κ2) is 7.94. The molecule has 1 aliphatic heterocycles. The summed E-state index contributed by atoms with van der Waals surface area (Å²) in [5, 5.41) is 7.43. The van der Waals surface area contributed by atoms with Gasteiger partial charge in [0, 0.05) is 17.8 Å². The molecule has 1 saturated heterocycles. The maximum Gasteiger partial charge on any atom is 0.261 e. The summed E-state index contributed by atoms with van der Waals surface area (Å²) in [7, 11) is -3.32. The molecule has 1 aromatic heterocycles. The number of anilines is 2. The van der Waals surface area contributed by atoms with Crippen molar-refractivity contribution in [3.05, 3.63) is 63.8 Å². The summed E-state index contributed by atoms with van der Waals surface area (Å²) in [5.41, 5.74) is 1.78. The van der Waals surface area contributed by atoms with Crippen LogP contribution >= 0.6 is 23.2 Å². The number of nitrogens with zero attached hydrogens (tertiary/aromatic N) is 2. The van der Waals surface area contributed by atoms with Crippen LogP contribution in [-0.4, -0.2) is 31.8 Å². The Hall–Kier alpha value is -2.55. The highest BCUT2D eigenvalue weighted by atomic mass is 35.5. The van der Waals surface area contributed by atoms with Crippen molar-refractivity contribution >= 4 is 50.5 Å². The summed E-state index contributed by atoms with van der Waals surface area (Å²) in [5.74, 6) is -0.0521. The van der Waals surface area contributed by atoms with Gasteiger partial charge in [-0.15, -0.1) is 0 Å². The van der Waals surface area contributed by atoms with Crippen LogP contribution in [0.5, 0.6) is 0 Å². The Morgan fingerprint density at radius 1 is 1.17 bits per heavy atom. The number of carbonyl (C=O) groups is 1. The maximum atomic E-state index is 13.0. The summed E-state index contributed by atoms with van der Waals surface area (Å²) >= 11 is 12.5. The predicted octanol–water partition coefficient (Wildman–Crippen LogP) is 4.75. The van der Waals surface area contributed by atoms with E-state index < -0.39 is 15.9 Å². The van der Waals surface area contributed by atoms with Crippen molar-refractivity contribution in [1.29, 1.82) is 0 Å². The number of sulfonamides is 1. The summed E-state index contributed by atoms with van der Waals surface area (Å²) < 4.78 is 31.0. The van der Waals surface area contributed by atoms with Crippen molar-refractivity contribution in [3.63, 3.8) is 0 Å². The zero-order valence-corrected chi connectivity index (χ0v) is 18.2. The smallest absolute Gasteiger partial charge is 0.261 e. The molecule has 4 rings (SSSR count). The van der Waals surface area contributed by atoms with E-state index in [9.17, 15) is 13.2 Å². The lowest BCUT2D eigenvalue weighted by atomic mass is 10.1. The first kappa shape index (κ1) is 20.7. The average molecular weight is 466 g/mol. The number of rotatable bonds is 4. The molecule has 156 valence electrons. The molecule has 0 bridgehead atoms. The number of amides is 1. The number of nitrogens with one attached hydrogen (secondary N) is 1. The first-order valence-electron chi connectivity index (χ1n) is 9.10. The average Bonchev–Trinajstić information content (AvgIpc) is 3.23. The molecule has 0 unspecified atom stereocenters. The van der Waals surface area contributed by atoms with Crippen molar-refractivity contribution in [2.24, 2.45) is 0 Å². The highest BCUT2D eigenvalue weighted by Gasteiger charge is 2.29. The van der Waals surface area contributed by atoms with Gasteiger partial charge in [-0.05, 0) is 43.7 Å². The Balaban J connectivity index is 1.67. The molecule has 0 aliphatic carbocycles. The standard InChI is InChI=1S/C20H17Cl2N3O4S/c1-12-17(19(24-29-12)18-15(21)7-3-8-16(18)22)20(26)23-13-5-2-6-14(11-13)25-9-4-10-30(25,27)28/h2-3,5-8,11H,4,9-10H2,1H3,(H,23,26). The lowest BCUT2D eigenvalue weighted by molar-refractivity contribution is 0.102. The molecule has 0 radical (unpaired) electrons. The minimum Gasteiger partial charge on any atom is -0.360 e. The zero-order valence-electron chi connectivity index (χ0n) is 15.9. The molecule has 2 aromatic carbocycles. The van der Waals surface area contributed by atoms with Crippen LogP contribution in [-0.2, 0) is 10.0 Å². The topological polar surface area (TPSA) is 92.5 Å². The largest absolute Gasteiger partial charge is 0.360 e. The van der Waals surface area contributed by atoms with Crippen LogP contribution in [0.4, 0.5) is 11.4 Å². The molecule has 1 N–H and O–H groups in total. The fourth-order valence-electron chi connectivity index (χ4n) is 3.40. The zero-order chi connectivity index (χ0) is 21.5. The molecule has 2 heterocycles. The molecule has 3 aromatic rings. The third-order valence-electron chi connectivity index (χ3n) is 4.78. The number of aromatic nitrogens is 1. The molecule has 0 saturated carbocycles. The first-order chi connectivity index (χ1) is 14.3. The first-order valence-corrected chi connectivity index (χ1v) is 11.5. The second-order valence-corrected chi connectivity index (χ2v) is 9.63. The Morgan fingerprint density at radius 3 is 2.53 bits per heavy atom. The van der Waals surface area contributed by atoms with Crippen LogP contribution in [0, 0.1) is 6.92 Å². The lowest BCUT2D eigenvalue weighted by Crippen LogP contribution is -2.25. The van der Waals surface area contributed by atoms with E-state index in [2.05, 4.69) is 10.5 Å². The van der Waals surface area contributed by atoms with Gasteiger partial charge in [-0.3, -0.25) is 9.10 Å². The molecule has 1 fully saturated rings. The Bertz CT molecular complexity index is 1220. The van der Waals surface area contributed by atoms with Gasteiger partial charge in [0.1, 0.15) is 17.0 Å². The monoisotopic (exact) mass is 465 g/mol. The summed E-state index contributed by atoms with van der Waals surface area (Å²) in [6.07, 6.45) is 0.570. The van der Waals surface area contributed by atoms with Gasteiger partial charge in [0.05, 0.1) is 21.5 Å². The fourth-order valence-corrected chi connectivity index (χ4v) is 5.53. The van der Waals surface area contributed by atoms with E-state index in [1.165, 1.54) is 4.31 Å². The minimum atomic E-state index is -3.32. The van der Waals surface area contributed by atoms with E-state index in [0.717, 1.165) is 0 Å². The Labute approximate surface area is 183 Å². The van der Waals surface area contributed by atoms with Crippen molar-refractivity contribution in [2.75, 3.05) is 21.9 Å². The quantitative estimate of drug-likeness (QED) is 0.599. The van der Waals surface area contributed by atoms with Gasteiger partial charge >= 0.3 is 0 Å². The number of hydrogen-bond donors (Lipinski definition) is 1. The van der Waals surface area contributed by atoms with Gasteiger partial charge in [0.25, 0.3) is 5.91 Å². The highest BCUT2D eigenvalue weighted by Crippen LogP contribution is 2.37. The SMILES string of the molecule is Cc1onc(-c2c(Cl)cccc2Cl)c1C(=O)Nc1cccc(N2CCCS2(=O)=O)c1. The van der Waals surface area contributed by atoms with Crippen LogP contribution in [0.2, 0.25) is 10.0 Å². The molecule has 1 aliphatic rings. The van der Waals surface area contributed by atoms with Crippen molar-refractivity contribution in [3.8, 4) is 11.3 Å². The van der Waals surface area contributed by atoms with E-state index >= 15 is 0 Å². The van der Waals surface area contributed by atoms with Gasteiger partial charge < -0.3 is 9.84 Å². The third kappa shape index (κ3) is 3.78. The van der Waals surface area contributed by atoms with Crippen LogP contribution in [0.25, 0.3) is 11.3 Å². The van der Waals surface area contributed by atoms with E-state index in [1.54, 1.807) is 49.4 Å². The van der Waals surface area contributed by atoms with Crippen LogP contribution in [0.3, 0.4) is 0 Å². The van der Waals surface area contributed by atoms with E-state index in [4.69, 9.17) is 27.7 Å². The van der Waals surface area contributed by atoms with Gasteiger partial charge in [-0.1, -0.05) is 40.5 Å². The predicted molar refractivity (Wildman–Crippen MR) is 117 cm³/mol. The minimum absolute atomic E-state index is 0.116. The van der Waals surface area contributed by atoms with Gasteiger partial charge in [-0.2, -0.15) is 0 Å². The van der Waals surface area contributed by atoms with Gasteiger partial charge in [0.15, 0.2) is 0 Å². The maximum absolute atomic E-state index is 13.0. The number of hydrogen-bond acceptors (Lipinski definition) is 5. The normalized spacial score (nSPS) is 15.4. The molecule has 10 heteroatoms. The molecule has 0 atom stereocenters. The molecule has 30 heavy (non-hydrogen) atoms. The van der Waals surface area contributed by atoms with Gasteiger partial charge in [0.2, 0.25) is 10.0 Å². The highest BCUT2D eigenvalue weighted by molar-refractivity contribution is 7.93. The Morgan fingerprint density at radius 2 is 1.87 bits per heavy atom. The Kier molecular flexibility index (Phi) is 5.48. The number of benzene rings is 2. The van der Waals surface area contributed by atoms with Crippen molar-refractivity contribution < 1.29 is 17.7 Å². The van der Waals surface area contributed by atoms with Crippen LogP contribution in [0.15, 0.2) is 47.0 Å². The van der Waals surface area contributed by atoms with Crippen molar-refractivity contribution in [2.45, 2.75) is 13.3 Å². The fraction of sp³-hybridized carbons (Fsp3) is 0.200. The molecule has 0 spiro atoms. The second-order valence-electron chi connectivity index (χ2n) is 6.81. The summed E-state index contributed by atoms with van der Waals surface area (Å²) in [4.78, 5) is 13.0. The number of carbonyl (C=O) groups excluding carboxylic acids is 1. The van der Waals surface area contributed by atoms with E-state index in [0.29, 0.717) is 45.7 Å². The molecular weight excluding hydrogens is 449 g/mol. The summed E-state index contributed by atoms with van der Waals surface area (Å²) in [6.45, 7) is 2.03. The van der Waals surface area contributed by atoms with Crippen LogP contribution < -0.4 is 9.62 Å². The lowest BCUT2D eigenvalue weighted by Gasteiger charge is -2.17. The third-order valence-corrected chi connectivity index (χ3v) is 7.28. The van der Waals surface area contributed by atoms with Gasteiger partial charge in [-0.25, -0.2) is 8.42 Å². The number of halogens is 2. The summed E-state index contributed by atoms with van der Waals surface area (Å²) in [6, 6.07) is 11.7. The molecular formula is C20H17Cl2N3O4S. The molecule has 7 nitrogen and oxygen atoms in total. The van der Waals surface area contributed by atoms with E-state index in [1.807, 2.05) is 0 Å². The number of aryl methyl sites for hydroxylation is 1. The van der Waals surface area contributed by atoms with Crippen LogP contribution in [0.1, 0.15) is 22.5 Å². The van der Waals surface area contributed by atoms with E-state index in [-0.39, 0.29) is 17.0 Å². The van der Waals surface area contributed by atoms with Crippen molar-refractivity contribution in [1.82, 2.24) is 5.16 Å². The molecule has 1 amide bonds.